The van der Waals surface area contributed by atoms with E-state index in [0.29, 0.717) is 16.2 Å². The number of aryl methyl sites for hydroxylation is 1. The van der Waals surface area contributed by atoms with Crippen LogP contribution in [-0.4, -0.2) is 9.97 Å². The maximum Gasteiger partial charge on any atom is 0.416 e. The van der Waals surface area contributed by atoms with Gasteiger partial charge in [0.15, 0.2) is 5.82 Å². The second kappa shape index (κ2) is 5.01. The van der Waals surface area contributed by atoms with Crippen molar-refractivity contribution in [1.29, 1.82) is 0 Å². The first-order valence-corrected chi connectivity index (χ1v) is 6.15. The molecule has 0 radical (unpaired) electrons. The number of nitrogens with zero attached hydrogens (tertiary/aromatic N) is 2. The minimum absolute atomic E-state index is 0.0619. The van der Waals surface area contributed by atoms with E-state index in [1.807, 2.05) is 0 Å². The minimum atomic E-state index is -4.65. The molecule has 0 saturated heterocycles. The van der Waals surface area contributed by atoms with Crippen molar-refractivity contribution in [3.05, 3.63) is 39.7 Å². The van der Waals surface area contributed by atoms with Crippen LogP contribution in [0, 0.1) is 12.7 Å². The highest BCUT2D eigenvalue weighted by Gasteiger charge is 2.31. The molecule has 2 rings (SSSR count). The Balaban J connectivity index is 2.61. The molecule has 2 N–H and O–H groups in total. The Morgan fingerprint density at radius 2 is 1.80 bits per heavy atom. The number of anilines is 1. The van der Waals surface area contributed by atoms with Crippen LogP contribution in [0.25, 0.3) is 11.4 Å². The molecule has 0 aliphatic heterocycles. The Bertz CT molecular complexity index is 647. The van der Waals surface area contributed by atoms with Crippen LogP contribution < -0.4 is 5.73 Å². The molecule has 0 atom stereocenters. The zero-order chi connectivity index (χ0) is 15.1. The summed E-state index contributed by atoms with van der Waals surface area (Å²) in [6.07, 6.45) is -4.65. The normalized spacial score (nSPS) is 11.7. The monoisotopic (exact) mass is 349 g/mol. The smallest absolute Gasteiger partial charge is 0.383 e. The minimum Gasteiger partial charge on any atom is -0.383 e. The van der Waals surface area contributed by atoms with E-state index in [2.05, 4.69) is 25.9 Å². The van der Waals surface area contributed by atoms with E-state index < -0.39 is 17.6 Å². The lowest BCUT2D eigenvalue weighted by atomic mass is 10.1. The molecule has 106 valence electrons. The Hall–Kier alpha value is -1.70. The zero-order valence-electron chi connectivity index (χ0n) is 10.1. The number of nitrogen functional groups attached to an aromatic ring is 1. The third-order valence-corrected chi connectivity index (χ3v) is 3.51. The molecule has 0 saturated carbocycles. The summed E-state index contributed by atoms with van der Waals surface area (Å²) in [5, 5.41) is 0. The summed E-state index contributed by atoms with van der Waals surface area (Å²) in [6.45, 7) is 1.61. The molecule has 20 heavy (non-hydrogen) atoms. The van der Waals surface area contributed by atoms with Crippen LogP contribution >= 0.6 is 15.9 Å². The number of nitrogens with two attached hydrogens (primary N) is 1. The van der Waals surface area contributed by atoms with Gasteiger partial charge in [-0.2, -0.15) is 13.2 Å². The Morgan fingerprint density at radius 3 is 2.35 bits per heavy atom. The molecule has 1 aromatic carbocycles. The van der Waals surface area contributed by atoms with E-state index in [-0.39, 0.29) is 17.2 Å². The summed E-state index contributed by atoms with van der Waals surface area (Å²) in [6, 6.07) is 2.13. The van der Waals surface area contributed by atoms with Gasteiger partial charge < -0.3 is 5.73 Å². The van der Waals surface area contributed by atoms with Crippen molar-refractivity contribution in [2.45, 2.75) is 13.1 Å². The fraction of sp³-hybridized carbons (Fsp3) is 0.167. The van der Waals surface area contributed by atoms with Crippen LogP contribution in [0.4, 0.5) is 23.4 Å². The van der Waals surface area contributed by atoms with Crippen molar-refractivity contribution in [1.82, 2.24) is 9.97 Å². The van der Waals surface area contributed by atoms with Gasteiger partial charge >= 0.3 is 6.18 Å². The number of halogens is 5. The molecule has 0 aliphatic rings. The molecule has 0 bridgehead atoms. The fourth-order valence-electron chi connectivity index (χ4n) is 1.59. The lowest BCUT2D eigenvalue weighted by Crippen LogP contribution is -2.06. The van der Waals surface area contributed by atoms with E-state index in [9.17, 15) is 17.6 Å². The van der Waals surface area contributed by atoms with Crippen LogP contribution in [0.1, 0.15) is 11.3 Å². The number of benzene rings is 1. The molecule has 0 spiro atoms. The van der Waals surface area contributed by atoms with Gasteiger partial charge in [0, 0.05) is 5.56 Å². The van der Waals surface area contributed by atoms with Gasteiger partial charge in [0.1, 0.15) is 11.6 Å². The van der Waals surface area contributed by atoms with Gasteiger partial charge in [-0.3, -0.25) is 0 Å². The molecule has 3 nitrogen and oxygen atoms in total. The standard InChI is InChI=1S/C12H8BrF4N3/c1-5-9(13)10(18)20-11(19-5)6-2-7(12(15,16)17)4-8(14)3-6/h2-4H,1H3,(H2,18,19,20). The summed E-state index contributed by atoms with van der Waals surface area (Å²) in [5.41, 5.74) is 4.87. The quantitative estimate of drug-likeness (QED) is 0.793. The van der Waals surface area contributed by atoms with Gasteiger partial charge in [0.05, 0.1) is 15.7 Å². The average molecular weight is 350 g/mol. The molecule has 8 heteroatoms. The van der Waals surface area contributed by atoms with Crippen molar-refractivity contribution >= 4 is 21.7 Å². The van der Waals surface area contributed by atoms with Gasteiger partial charge in [0.25, 0.3) is 0 Å². The highest BCUT2D eigenvalue weighted by atomic mass is 79.9. The Morgan fingerprint density at radius 1 is 1.15 bits per heavy atom. The summed E-state index contributed by atoms with van der Waals surface area (Å²) in [5.74, 6) is -1.00. The summed E-state index contributed by atoms with van der Waals surface area (Å²) in [4.78, 5) is 7.85. The van der Waals surface area contributed by atoms with Gasteiger partial charge in [-0.25, -0.2) is 14.4 Å². The number of hydrogen-bond donors (Lipinski definition) is 1. The Labute approximate surface area is 120 Å². The van der Waals surface area contributed by atoms with Crippen molar-refractivity contribution in [2.24, 2.45) is 0 Å². The first-order chi connectivity index (χ1) is 9.18. The molecular formula is C12H8BrF4N3. The summed E-state index contributed by atoms with van der Waals surface area (Å²) < 4.78 is 51.7. The van der Waals surface area contributed by atoms with Crippen molar-refractivity contribution in [2.75, 3.05) is 5.73 Å². The predicted molar refractivity (Wildman–Crippen MR) is 69.3 cm³/mol. The van der Waals surface area contributed by atoms with Crippen LogP contribution in [-0.2, 0) is 6.18 Å². The second-order valence-corrected chi connectivity index (χ2v) is 4.85. The topological polar surface area (TPSA) is 51.8 Å². The van der Waals surface area contributed by atoms with E-state index in [0.717, 1.165) is 12.1 Å². The molecule has 0 unspecified atom stereocenters. The number of alkyl halides is 3. The largest absolute Gasteiger partial charge is 0.416 e. The van der Waals surface area contributed by atoms with E-state index in [4.69, 9.17) is 5.73 Å². The highest BCUT2D eigenvalue weighted by molar-refractivity contribution is 9.10. The van der Waals surface area contributed by atoms with Gasteiger partial charge in [-0.15, -0.1) is 0 Å². The molecular weight excluding hydrogens is 342 g/mol. The molecule has 1 heterocycles. The van der Waals surface area contributed by atoms with Gasteiger partial charge in [0.2, 0.25) is 0 Å². The van der Waals surface area contributed by atoms with Crippen molar-refractivity contribution < 1.29 is 17.6 Å². The van der Waals surface area contributed by atoms with Crippen LogP contribution in [0.3, 0.4) is 0 Å². The molecule has 0 aliphatic carbocycles. The van der Waals surface area contributed by atoms with Gasteiger partial charge in [-0.05, 0) is 41.1 Å². The third-order valence-electron chi connectivity index (χ3n) is 2.53. The first-order valence-electron chi connectivity index (χ1n) is 5.36. The summed E-state index contributed by atoms with van der Waals surface area (Å²) >= 11 is 3.14. The van der Waals surface area contributed by atoms with E-state index >= 15 is 0 Å². The van der Waals surface area contributed by atoms with Crippen LogP contribution in [0.2, 0.25) is 0 Å². The maximum absolute atomic E-state index is 13.3. The molecule has 0 amide bonds. The third kappa shape index (κ3) is 2.90. The van der Waals surface area contributed by atoms with E-state index in [1.165, 1.54) is 0 Å². The zero-order valence-corrected chi connectivity index (χ0v) is 11.7. The SMILES string of the molecule is Cc1nc(-c2cc(F)cc(C(F)(F)F)c2)nc(N)c1Br. The van der Waals surface area contributed by atoms with Crippen molar-refractivity contribution in [3.8, 4) is 11.4 Å². The predicted octanol–water partition coefficient (Wildman–Crippen LogP) is 3.95. The first kappa shape index (κ1) is 14.7. The lowest BCUT2D eigenvalue weighted by molar-refractivity contribution is -0.137. The average Bonchev–Trinajstić information content (AvgIpc) is 2.33. The van der Waals surface area contributed by atoms with Crippen LogP contribution in [0.15, 0.2) is 22.7 Å². The maximum atomic E-state index is 13.3. The Kier molecular flexibility index (Phi) is 3.68. The number of hydrogen-bond acceptors (Lipinski definition) is 3. The fourth-order valence-corrected chi connectivity index (χ4v) is 1.77. The van der Waals surface area contributed by atoms with Crippen LogP contribution in [0.5, 0.6) is 0 Å². The second-order valence-electron chi connectivity index (χ2n) is 4.06. The van der Waals surface area contributed by atoms with Crippen molar-refractivity contribution in [3.63, 3.8) is 0 Å². The summed E-state index contributed by atoms with van der Waals surface area (Å²) in [7, 11) is 0. The lowest BCUT2D eigenvalue weighted by Gasteiger charge is -2.10. The molecule has 1 aromatic heterocycles. The molecule has 0 fully saturated rings. The number of aromatic nitrogens is 2. The molecule has 2 aromatic rings. The van der Waals surface area contributed by atoms with Gasteiger partial charge in [-0.1, -0.05) is 0 Å². The highest BCUT2D eigenvalue weighted by Crippen LogP contribution is 2.33. The van der Waals surface area contributed by atoms with E-state index in [1.54, 1.807) is 6.92 Å². The number of rotatable bonds is 1.